The number of benzene rings is 2. The number of non-ortho nitro benzene ring substituents is 1. The Hall–Kier alpha value is -3.95. The molecule has 4 rings (SSSR count). The van der Waals surface area contributed by atoms with Crippen LogP contribution >= 0.6 is 0 Å². The summed E-state index contributed by atoms with van der Waals surface area (Å²) in [7, 11) is 0. The van der Waals surface area contributed by atoms with Crippen LogP contribution in [0.5, 0.6) is 0 Å². The molecule has 0 radical (unpaired) electrons. The van der Waals surface area contributed by atoms with Crippen molar-refractivity contribution in [2.45, 2.75) is 0 Å². The lowest BCUT2D eigenvalue weighted by molar-refractivity contribution is -0.384. The molecule has 8 nitrogen and oxygen atoms in total. The van der Waals surface area contributed by atoms with Gasteiger partial charge in [0.25, 0.3) is 5.69 Å². The molecule has 2 aromatic carbocycles. The number of nitrogens with zero attached hydrogens (tertiary/aromatic N) is 5. The fourth-order valence-electron chi connectivity index (χ4n) is 2.65. The number of hydrogen-bond acceptors (Lipinski definition) is 5. The third-order valence-corrected chi connectivity index (χ3v) is 3.99. The van der Waals surface area contributed by atoms with Gasteiger partial charge in [0.2, 0.25) is 5.65 Å². The Labute approximate surface area is 149 Å². The van der Waals surface area contributed by atoms with Crippen molar-refractivity contribution in [2.24, 2.45) is 0 Å². The second-order valence-electron chi connectivity index (χ2n) is 5.59. The quantitative estimate of drug-likeness (QED) is 0.409. The standard InChI is InChI=1S/C17H9F2N5O3/c18-13-6-5-12(9-14(13)19)22-7-8-23-15(20-21-16(23)17(22)25)10-1-3-11(4-2-10)24(26)27/h1-9H. The molecule has 0 saturated heterocycles. The minimum atomic E-state index is -1.08. The lowest BCUT2D eigenvalue weighted by Gasteiger charge is -2.07. The van der Waals surface area contributed by atoms with Gasteiger partial charge in [0, 0.05) is 36.2 Å². The number of nitro benzene ring substituents is 1. The zero-order valence-electron chi connectivity index (χ0n) is 13.4. The van der Waals surface area contributed by atoms with Gasteiger partial charge in [-0.25, -0.2) is 8.78 Å². The number of halogens is 2. The first-order valence-corrected chi connectivity index (χ1v) is 7.62. The smallest absolute Gasteiger partial charge is 0.279 e. The van der Waals surface area contributed by atoms with E-state index in [1.807, 2.05) is 0 Å². The summed E-state index contributed by atoms with van der Waals surface area (Å²) >= 11 is 0. The average Bonchev–Trinajstić information content (AvgIpc) is 3.09. The molecule has 2 heterocycles. The van der Waals surface area contributed by atoms with Crippen LogP contribution in [0.2, 0.25) is 0 Å². The van der Waals surface area contributed by atoms with Crippen molar-refractivity contribution >= 4 is 11.3 Å². The van der Waals surface area contributed by atoms with Crippen LogP contribution in [-0.2, 0) is 0 Å². The van der Waals surface area contributed by atoms with Crippen LogP contribution in [0.1, 0.15) is 0 Å². The third-order valence-electron chi connectivity index (χ3n) is 3.99. The van der Waals surface area contributed by atoms with Crippen LogP contribution in [-0.4, -0.2) is 24.1 Å². The second-order valence-corrected chi connectivity index (χ2v) is 5.59. The molecule has 0 atom stereocenters. The van der Waals surface area contributed by atoms with Gasteiger partial charge in [0.05, 0.1) is 10.6 Å². The number of hydrogen-bond donors (Lipinski definition) is 0. The summed E-state index contributed by atoms with van der Waals surface area (Å²) in [5.74, 6) is -1.78. The Bertz CT molecular complexity index is 1250. The van der Waals surface area contributed by atoms with Crippen LogP contribution in [0.3, 0.4) is 0 Å². The molecule has 27 heavy (non-hydrogen) atoms. The highest BCUT2D eigenvalue weighted by molar-refractivity contribution is 5.61. The predicted molar refractivity (Wildman–Crippen MR) is 90.6 cm³/mol. The summed E-state index contributed by atoms with van der Waals surface area (Å²) in [4.78, 5) is 22.9. The van der Waals surface area contributed by atoms with Crippen molar-refractivity contribution in [2.75, 3.05) is 0 Å². The topological polar surface area (TPSA) is 95.3 Å². The molecule has 0 aliphatic carbocycles. The van der Waals surface area contributed by atoms with E-state index in [9.17, 15) is 23.7 Å². The van der Waals surface area contributed by atoms with Gasteiger partial charge >= 0.3 is 5.56 Å². The molecule has 0 fully saturated rings. The molecule has 0 bridgehead atoms. The van der Waals surface area contributed by atoms with Gasteiger partial charge in [0.1, 0.15) is 0 Å². The maximum Gasteiger partial charge on any atom is 0.300 e. The summed E-state index contributed by atoms with van der Waals surface area (Å²) in [5.41, 5.74) is -0.0209. The fraction of sp³-hybridized carbons (Fsp3) is 0. The van der Waals surface area contributed by atoms with E-state index in [1.54, 1.807) is 0 Å². The Kier molecular flexibility index (Phi) is 3.73. The van der Waals surface area contributed by atoms with Crippen molar-refractivity contribution in [3.63, 3.8) is 0 Å². The molecule has 2 aromatic heterocycles. The first kappa shape index (κ1) is 16.5. The molecule has 134 valence electrons. The number of nitro groups is 1. The summed E-state index contributed by atoms with van der Waals surface area (Å²) in [6, 6.07) is 8.72. The highest BCUT2D eigenvalue weighted by Crippen LogP contribution is 2.21. The Morgan fingerprint density at radius 1 is 0.963 bits per heavy atom. The van der Waals surface area contributed by atoms with E-state index in [0.717, 1.165) is 16.7 Å². The molecule has 0 amide bonds. The van der Waals surface area contributed by atoms with E-state index in [2.05, 4.69) is 10.2 Å². The van der Waals surface area contributed by atoms with Crippen LogP contribution in [0, 0.1) is 21.7 Å². The summed E-state index contributed by atoms with van der Waals surface area (Å²) in [6.07, 6.45) is 2.87. The van der Waals surface area contributed by atoms with Gasteiger partial charge in [-0.2, -0.15) is 0 Å². The second kappa shape index (κ2) is 6.09. The van der Waals surface area contributed by atoms with E-state index in [1.165, 1.54) is 47.1 Å². The molecule has 0 unspecified atom stereocenters. The first-order chi connectivity index (χ1) is 13.0. The third kappa shape index (κ3) is 2.72. The highest BCUT2D eigenvalue weighted by atomic mass is 19.2. The average molecular weight is 369 g/mol. The monoisotopic (exact) mass is 369 g/mol. The summed E-state index contributed by atoms with van der Waals surface area (Å²) in [5, 5.41) is 18.6. The van der Waals surface area contributed by atoms with E-state index in [4.69, 9.17) is 0 Å². The van der Waals surface area contributed by atoms with E-state index in [0.29, 0.717) is 11.4 Å². The Morgan fingerprint density at radius 3 is 2.37 bits per heavy atom. The lowest BCUT2D eigenvalue weighted by atomic mass is 10.2. The molecule has 4 aromatic rings. The highest BCUT2D eigenvalue weighted by Gasteiger charge is 2.15. The van der Waals surface area contributed by atoms with Crippen LogP contribution < -0.4 is 5.56 Å². The molecular weight excluding hydrogens is 360 g/mol. The van der Waals surface area contributed by atoms with Gasteiger partial charge < -0.3 is 0 Å². The lowest BCUT2D eigenvalue weighted by Crippen LogP contribution is -2.20. The molecule has 0 N–H and O–H groups in total. The van der Waals surface area contributed by atoms with Gasteiger partial charge in [-0.05, 0) is 24.3 Å². The fourth-order valence-corrected chi connectivity index (χ4v) is 2.65. The largest absolute Gasteiger partial charge is 0.300 e. The minimum absolute atomic E-state index is 0.0319. The Balaban J connectivity index is 1.83. The van der Waals surface area contributed by atoms with Crippen molar-refractivity contribution in [3.8, 4) is 17.1 Å². The number of rotatable bonds is 3. The molecule has 10 heteroatoms. The molecular formula is C17H9F2N5O3. The normalized spacial score (nSPS) is 11.0. The van der Waals surface area contributed by atoms with Crippen molar-refractivity contribution < 1.29 is 13.7 Å². The number of fused-ring (bicyclic) bond motifs is 1. The number of aromatic nitrogens is 4. The Morgan fingerprint density at radius 2 is 1.70 bits per heavy atom. The van der Waals surface area contributed by atoms with E-state index >= 15 is 0 Å². The van der Waals surface area contributed by atoms with Gasteiger partial charge in [0.15, 0.2) is 17.5 Å². The maximum atomic E-state index is 13.5. The minimum Gasteiger partial charge on any atom is -0.279 e. The van der Waals surface area contributed by atoms with Gasteiger partial charge in [-0.15, -0.1) is 10.2 Å². The summed E-state index contributed by atoms with van der Waals surface area (Å²) < 4.78 is 29.1. The van der Waals surface area contributed by atoms with E-state index < -0.39 is 22.1 Å². The van der Waals surface area contributed by atoms with Crippen LogP contribution in [0.15, 0.2) is 59.7 Å². The van der Waals surface area contributed by atoms with Crippen LogP contribution in [0.25, 0.3) is 22.7 Å². The van der Waals surface area contributed by atoms with Crippen molar-refractivity contribution in [1.82, 2.24) is 19.2 Å². The van der Waals surface area contributed by atoms with Gasteiger partial charge in [-0.1, -0.05) is 0 Å². The molecule has 0 aliphatic rings. The van der Waals surface area contributed by atoms with Gasteiger partial charge in [-0.3, -0.25) is 23.9 Å². The zero-order valence-corrected chi connectivity index (χ0v) is 13.4. The summed E-state index contributed by atoms with van der Waals surface area (Å²) in [6.45, 7) is 0. The maximum absolute atomic E-state index is 13.5. The van der Waals surface area contributed by atoms with Crippen LogP contribution in [0.4, 0.5) is 14.5 Å². The van der Waals surface area contributed by atoms with E-state index in [-0.39, 0.29) is 17.0 Å². The van der Waals surface area contributed by atoms with Crippen molar-refractivity contribution in [3.05, 3.63) is 87.0 Å². The first-order valence-electron chi connectivity index (χ1n) is 7.62. The predicted octanol–water partition coefficient (Wildman–Crippen LogP) is 2.73. The molecule has 0 saturated carbocycles. The zero-order chi connectivity index (χ0) is 19.1. The molecule has 0 spiro atoms. The molecule has 0 aliphatic heterocycles. The van der Waals surface area contributed by atoms with Crippen molar-refractivity contribution in [1.29, 1.82) is 0 Å². The SMILES string of the molecule is O=c1c2nnc(-c3ccc([N+](=O)[O-])cc3)n2ccn1-c1ccc(F)c(F)c1.